The van der Waals surface area contributed by atoms with E-state index in [1.807, 2.05) is 97.1 Å². The summed E-state index contributed by atoms with van der Waals surface area (Å²) in [5.41, 5.74) is 12.5. The molecule has 3 aromatic rings. The molecule has 7 nitrogen and oxygen atoms in total. The van der Waals surface area contributed by atoms with Gasteiger partial charge in [0, 0.05) is 4.91 Å². The molecular formula is C30H33N3O4. The van der Waals surface area contributed by atoms with Crippen molar-refractivity contribution >= 4 is 0 Å². The number of ether oxygens (including phenoxy) is 4. The zero-order chi connectivity index (χ0) is 25.7. The summed E-state index contributed by atoms with van der Waals surface area (Å²) in [5.74, 6) is 0. The van der Waals surface area contributed by atoms with Gasteiger partial charge in [-0.25, -0.2) is 0 Å². The maximum absolute atomic E-state index is 9.35. The molecule has 1 heterocycles. The molecule has 1 aliphatic heterocycles. The van der Waals surface area contributed by atoms with Gasteiger partial charge < -0.3 is 18.9 Å². The van der Waals surface area contributed by atoms with Crippen molar-refractivity contribution in [2.45, 2.75) is 56.7 Å². The maximum atomic E-state index is 9.35. The zero-order valence-corrected chi connectivity index (χ0v) is 20.8. The topological polar surface area (TPSA) is 85.7 Å². The van der Waals surface area contributed by atoms with E-state index in [1.54, 1.807) is 0 Å². The van der Waals surface area contributed by atoms with E-state index >= 15 is 0 Å². The van der Waals surface area contributed by atoms with Gasteiger partial charge in [-0.15, -0.1) is 6.58 Å². The van der Waals surface area contributed by atoms with E-state index in [9.17, 15) is 5.53 Å². The lowest BCUT2D eigenvalue weighted by Gasteiger charge is -2.27. The number of nitrogens with zero attached hydrogens (tertiary/aromatic N) is 3. The number of hydrogen-bond acceptors (Lipinski definition) is 5. The van der Waals surface area contributed by atoms with Crippen molar-refractivity contribution in [3.05, 3.63) is 131 Å². The highest BCUT2D eigenvalue weighted by molar-refractivity contribution is 5.15. The number of azide groups is 1. The van der Waals surface area contributed by atoms with E-state index < -0.39 is 18.2 Å². The van der Waals surface area contributed by atoms with Gasteiger partial charge in [-0.3, -0.25) is 0 Å². The SMILES string of the molecule is C=CC[C@H]1O[C@@H]([C@@H](COCc2ccccc2)N=[N+]=[N-])[C@H](OCc2ccccc2)[C@H]1OCc1ccccc1. The van der Waals surface area contributed by atoms with Gasteiger partial charge in [0.05, 0.1) is 44.7 Å². The van der Waals surface area contributed by atoms with Gasteiger partial charge in [0.25, 0.3) is 0 Å². The zero-order valence-electron chi connectivity index (χ0n) is 20.8. The third kappa shape index (κ3) is 7.76. The Hall–Kier alpha value is -3.45. The summed E-state index contributed by atoms with van der Waals surface area (Å²) in [4.78, 5) is 3.10. The minimum absolute atomic E-state index is 0.195. The van der Waals surface area contributed by atoms with Crippen LogP contribution in [-0.4, -0.2) is 37.1 Å². The quantitative estimate of drug-likeness (QED) is 0.111. The van der Waals surface area contributed by atoms with E-state index in [0.717, 1.165) is 16.7 Å². The van der Waals surface area contributed by atoms with Crippen molar-refractivity contribution in [3.63, 3.8) is 0 Å². The molecule has 0 bridgehead atoms. The van der Waals surface area contributed by atoms with Gasteiger partial charge >= 0.3 is 0 Å². The molecule has 1 aliphatic rings. The Morgan fingerprint density at radius 2 is 1.32 bits per heavy atom. The molecule has 0 unspecified atom stereocenters. The van der Waals surface area contributed by atoms with Crippen LogP contribution in [0.3, 0.4) is 0 Å². The smallest absolute Gasteiger partial charge is 0.113 e. The first-order valence-corrected chi connectivity index (χ1v) is 12.5. The molecule has 0 N–H and O–H groups in total. The molecule has 192 valence electrons. The Morgan fingerprint density at radius 3 is 1.84 bits per heavy atom. The van der Waals surface area contributed by atoms with Crippen LogP contribution in [0.1, 0.15) is 23.1 Å². The molecule has 0 saturated carbocycles. The van der Waals surface area contributed by atoms with Crippen LogP contribution in [-0.2, 0) is 38.8 Å². The van der Waals surface area contributed by atoms with Crippen molar-refractivity contribution in [1.82, 2.24) is 0 Å². The Bertz CT molecular complexity index is 1120. The lowest BCUT2D eigenvalue weighted by Crippen LogP contribution is -2.43. The molecule has 0 amide bonds. The molecule has 4 rings (SSSR count). The third-order valence-corrected chi connectivity index (χ3v) is 6.29. The van der Waals surface area contributed by atoms with Crippen LogP contribution >= 0.6 is 0 Å². The third-order valence-electron chi connectivity index (χ3n) is 6.29. The molecule has 0 radical (unpaired) electrons. The van der Waals surface area contributed by atoms with E-state index in [1.165, 1.54) is 0 Å². The van der Waals surface area contributed by atoms with Crippen molar-refractivity contribution in [3.8, 4) is 0 Å². The summed E-state index contributed by atoms with van der Waals surface area (Å²) >= 11 is 0. The van der Waals surface area contributed by atoms with E-state index in [2.05, 4.69) is 16.6 Å². The second-order valence-electron chi connectivity index (χ2n) is 8.96. The van der Waals surface area contributed by atoms with Crippen LogP contribution in [0, 0.1) is 0 Å². The van der Waals surface area contributed by atoms with Crippen molar-refractivity contribution in [1.29, 1.82) is 0 Å². The fraction of sp³-hybridized carbons (Fsp3) is 0.333. The minimum atomic E-state index is -0.591. The second kappa shape index (κ2) is 14.3. The summed E-state index contributed by atoms with van der Waals surface area (Å²) < 4.78 is 25.3. The van der Waals surface area contributed by atoms with Gasteiger partial charge in [-0.2, -0.15) is 0 Å². The highest BCUT2D eigenvalue weighted by Gasteiger charge is 2.48. The standard InChI is InChI=1S/C30H33N3O4/c1-2-12-27-29(35-20-24-15-8-4-9-16-24)30(36-21-25-17-10-5-11-18-25)28(37-27)26(32-33-31)22-34-19-23-13-6-3-7-14-23/h2-11,13-18,26-30H,1,12,19-22H2/t26-,27-,28+,29+,30+/m1/s1. The predicted octanol–water partition coefficient (Wildman–Crippen LogP) is 6.40. The summed E-state index contributed by atoms with van der Waals surface area (Å²) in [6.45, 7) is 5.30. The lowest BCUT2D eigenvalue weighted by atomic mass is 10.0. The van der Waals surface area contributed by atoms with E-state index in [-0.39, 0.29) is 18.8 Å². The van der Waals surface area contributed by atoms with Gasteiger partial charge in [0.15, 0.2) is 0 Å². The van der Waals surface area contributed by atoms with Crippen LogP contribution in [0.15, 0.2) is 109 Å². The molecule has 1 saturated heterocycles. The van der Waals surface area contributed by atoms with Crippen molar-refractivity contribution in [2.75, 3.05) is 6.61 Å². The molecule has 5 atom stereocenters. The van der Waals surface area contributed by atoms with Crippen LogP contribution in [0.4, 0.5) is 0 Å². The normalized spacial score (nSPS) is 21.7. The van der Waals surface area contributed by atoms with Crippen LogP contribution in [0.25, 0.3) is 10.4 Å². The predicted molar refractivity (Wildman–Crippen MR) is 143 cm³/mol. The molecule has 0 aliphatic carbocycles. The van der Waals surface area contributed by atoms with E-state index in [4.69, 9.17) is 18.9 Å². The van der Waals surface area contributed by atoms with E-state index in [0.29, 0.717) is 26.2 Å². The highest BCUT2D eigenvalue weighted by Crippen LogP contribution is 2.33. The van der Waals surface area contributed by atoms with Gasteiger partial charge in [0.2, 0.25) is 0 Å². The average molecular weight is 500 g/mol. The van der Waals surface area contributed by atoms with Gasteiger partial charge in [-0.1, -0.05) is 102 Å². The number of hydrogen-bond donors (Lipinski definition) is 0. The van der Waals surface area contributed by atoms with Gasteiger partial charge in [-0.05, 0) is 28.6 Å². The minimum Gasteiger partial charge on any atom is -0.376 e. The Labute approximate surface area is 218 Å². The molecule has 7 heteroatoms. The van der Waals surface area contributed by atoms with Crippen molar-refractivity contribution < 1.29 is 18.9 Å². The first-order valence-electron chi connectivity index (χ1n) is 12.5. The molecule has 1 fully saturated rings. The first kappa shape index (κ1) is 26.6. The number of benzene rings is 3. The molecule has 0 spiro atoms. The average Bonchev–Trinajstić information content (AvgIpc) is 3.29. The fourth-order valence-electron chi connectivity index (χ4n) is 4.48. The largest absolute Gasteiger partial charge is 0.376 e. The monoisotopic (exact) mass is 499 g/mol. The van der Waals surface area contributed by atoms with Crippen molar-refractivity contribution in [2.24, 2.45) is 5.11 Å². The van der Waals surface area contributed by atoms with Crippen LogP contribution < -0.4 is 0 Å². The Balaban J connectivity index is 1.53. The molecule has 37 heavy (non-hydrogen) atoms. The summed E-state index contributed by atoms with van der Waals surface area (Å²) in [6, 6.07) is 29.2. The first-order chi connectivity index (χ1) is 18.3. The van der Waals surface area contributed by atoms with Gasteiger partial charge in [0.1, 0.15) is 12.2 Å². The molecule has 0 aromatic heterocycles. The summed E-state index contributed by atoms with van der Waals surface area (Å²) in [5, 5.41) is 4.06. The summed E-state index contributed by atoms with van der Waals surface area (Å²) in [6.07, 6.45) is 0.713. The lowest BCUT2D eigenvalue weighted by molar-refractivity contribution is -0.0837. The summed E-state index contributed by atoms with van der Waals surface area (Å²) in [7, 11) is 0. The van der Waals surface area contributed by atoms with Crippen LogP contribution in [0.5, 0.6) is 0 Å². The van der Waals surface area contributed by atoms with Crippen LogP contribution in [0.2, 0.25) is 0 Å². The molecular weight excluding hydrogens is 466 g/mol. The Kier molecular flexibility index (Phi) is 10.3. The second-order valence-corrected chi connectivity index (χ2v) is 8.96. The fourth-order valence-corrected chi connectivity index (χ4v) is 4.48. The maximum Gasteiger partial charge on any atom is 0.113 e. The highest BCUT2D eigenvalue weighted by atomic mass is 16.6. The Morgan fingerprint density at radius 1 is 0.811 bits per heavy atom. The number of rotatable bonds is 14. The molecule has 3 aromatic carbocycles.